The Morgan fingerprint density at radius 3 is 2.67 bits per heavy atom. The molecule has 0 bridgehead atoms. The van der Waals surface area contributed by atoms with Crippen LogP contribution in [0.2, 0.25) is 0 Å². The number of alkyl halides is 3. The molecule has 2 unspecified atom stereocenters. The second-order valence-corrected chi connectivity index (χ2v) is 5.21. The number of halogens is 4. The predicted octanol–water partition coefficient (Wildman–Crippen LogP) is 3.54. The van der Waals surface area contributed by atoms with Gasteiger partial charge in [-0.25, -0.2) is 0 Å². The summed E-state index contributed by atoms with van der Waals surface area (Å²) in [4.78, 5) is 0. The maximum atomic E-state index is 12.9. The quantitative estimate of drug-likeness (QED) is 0.901. The van der Waals surface area contributed by atoms with Crippen LogP contribution in [0.5, 0.6) is 0 Å². The number of ether oxygens (including phenoxy) is 1. The maximum absolute atomic E-state index is 12.9. The summed E-state index contributed by atoms with van der Waals surface area (Å²) in [5, 5.41) is 10.1. The summed E-state index contributed by atoms with van der Waals surface area (Å²) in [5.41, 5.74) is -0.877. The smallest absolute Gasteiger partial charge is 0.388 e. The molecule has 0 saturated carbocycles. The van der Waals surface area contributed by atoms with Crippen LogP contribution in [-0.4, -0.2) is 18.3 Å². The molecule has 6 heteroatoms. The molecule has 1 saturated heterocycles. The van der Waals surface area contributed by atoms with Crippen molar-refractivity contribution < 1.29 is 23.0 Å². The molecule has 1 N–H and O–H groups in total. The van der Waals surface area contributed by atoms with Crippen LogP contribution >= 0.6 is 15.9 Å². The van der Waals surface area contributed by atoms with Gasteiger partial charge in [0.2, 0.25) is 0 Å². The van der Waals surface area contributed by atoms with E-state index in [0.29, 0.717) is 24.1 Å². The Kier molecular flexibility index (Phi) is 3.99. The highest BCUT2D eigenvalue weighted by Crippen LogP contribution is 2.39. The summed E-state index contributed by atoms with van der Waals surface area (Å²) in [6.45, 7) is 0.786. The van der Waals surface area contributed by atoms with Crippen molar-refractivity contribution in [3.05, 3.63) is 33.8 Å². The molecule has 100 valence electrons. The van der Waals surface area contributed by atoms with E-state index >= 15 is 0 Å². The lowest BCUT2D eigenvalue weighted by molar-refractivity contribution is -0.139. The van der Waals surface area contributed by atoms with Gasteiger partial charge in [0.15, 0.2) is 0 Å². The van der Waals surface area contributed by atoms with Gasteiger partial charge >= 0.3 is 6.18 Å². The molecule has 2 nitrogen and oxygen atoms in total. The molecule has 0 amide bonds. The molecule has 1 aromatic rings. The zero-order valence-electron chi connectivity index (χ0n) is 9.38. The fraction of sp³-hybridized carbons (Fsp3) is 0.500. The van der Waals surface area contributed by atoms with Gasteiger partial charge in [-0.05, 0) is 24.1 Å². The average Bonchev–Trinajstić information content (AvgIpc) is 2.80. The van der Waals surface area contributed by atoms with E-state index < -0.39 is 17.8 Å². The van der Waals surface area contributed by atoms with Gasteiger partial charge in [0.05, 0.1) is 18.3 Å². The molecular weight excluding hydrogens is 313 g/mol. The second-order valence-electron chi connectivity index (χ2n) is 4.30. The minimum absolute atomic E-state index is 0.0822. The standard InChI is InChI=1S/C12H12BrF3O2/c13-8-1-2-9(10(5-8)12(14,15)16)11(17)7-3-4-18-6-7/h1-2,5,7,11,17H,3-4,6H2. The lowest BCUT2D eigenvalue weighted by Gasteiger charge is -2.21. The summed E-state index contributed by atoms with van der Waals surface area (Å²) in [5.74, 6) is -0.271. The summed E-state index contributed by atoms with van der Waals surface area (Å²) in [6, 6.07) is 3.81. The van der Waals surface area contributed by atoms with Gasteiger partial charge in [-0.3, -0.25) is 0 Å². The summed E-state index contributed by atoms with van der Waals surface area (Å²) < 4.78 is 44.2. The highest BCUT2D eigenvalue weighted by Gasteiger charge is 2.37. The zero-order chi connectivity index (χ0) is 13.3. The molecule has 0 aliphatic carbocycles. The molecule has 0 spiro atoms. The van der Waals surface area contributed by atoms with E-state index in [1.807, 2.05) is 0 Å². The first-order chi connectivity index (χ1) is 8.39. The molecule has 2 atom stereocenters. The Balaban J connectivity index is 2.37. The molecule has 1 heterocycles. The molecular formula is C12H12BrF3O2. The van der Waals surface area contributed by atoms with Gasteiger partial charge in [0.25, 0.3) is 0 Å². The van der Waals surface area contributed by atoms with Crippen LogP contribution < -0.4 is 0 Å². The summed E-state index contributed by atoms with van der Waals surface area (Å²) in [6.07, 6.45) is -5.04. The van der Waals surface area contributed by atoms with Gasteiger partial charge < -0.3 is 9.84 Å². The minimum atomic E-state index is -4.47. The molecule has 0 radical (unpaired) electrons. The fourth-order valence-electron chi connectivity index (χ4n) is 2.09. The van der Waals surface area contributed by atoms with Crippen molar-refractivity contribution in [2.24, 2.45) is 5.92 Å². The molecule has 2 rings (SSSR count). The van der Waals surface area contributed by atoms with Crippen LogP contribution in [0, 0.1) is 5.92 Å². The van der Waals surface area contributed by atoms with E-state index in [1.54, 1.807) is 0 Å². The van der Waals surface area contributed by atoms with Crippen LogP contribution in [0.3, 0.4) is 0 Å². The van der Waals surface area contributed by atoms with E-state index in [2.05, 4.69) is 15.9 Å². The first-order valence-electron chi connectivity index (χ1n) is 5.52. The number of aliphatic hydroxyl groups is 1. The van der Waals surface area contributed by atoms with Crippen molar-refractivity contribution in [2.45, 2.75) is 18.7 Å². The van der Waals surface area contributed by atoms with Crippen molar-refractivity contribution in [3.8, 4) is 0 Å². The second kappa shape index (κ2) is 5.19. The van der Waals surface area contributed by atoms with E-state index in [1.165, 1.54) is 12.1 Å². The van der Waals surface area contributed by atoms with Crippen LogP contribution in [0.1, 0.15) is 23.7 Å². The maximum Gasteiger partial charge on any atom is 0.416 e. The van der Waals surface area contributed by atoms with Crippen LogP contribution in [0.15, 0.2) is 22.7 Å². The van der Waals surface area contributed by atoms with Crippen molar-refractivity contribution in [3.63, 3.8) is 0 Å². The van der Waals surface area contributed by atoms with Gasteiger partial charge in [0, 0.05) is 17.0 Å². The third-order valence-corrected chi connectivity index (χ3v) is 3.54. The Bertz CT molecular complexity index is 428. The number of benzene rings is 1. The van der Waals surface area contributed by atoms with Crippen molar-refractivity contribution in [2.75, 3.05) is 13.2 Å². The molecule has 1 aliphatic rings. The van der Waals surface area contributed by atoms with Crippen molar-refractivity contribution in [1.82, 2.24) is 0 Å². The fourth-order valence-corrected chi connectivity index (χ4v) is 2.45. The van der Waals surface area contributed by atoms with Crippen molar-refractivity contribution in [1.29, 1.82) is 0 Å². The van der Waals surface area contributed by atoms with E-state index in [-0.39, 0.29) is 11.5 Å². The monoisotopic (exact) mass is 324 g/mol. The van der Waals surface area contributed by atoms with E-state index in [9.17, 15) is 18.3 Å². The number of hydrogen-bond acceptors (Lipinski definition) is 2. The molecule has 1 fully saturated rings. The summed E-state index contributed by atoms with van der Waals surface area (Å²) >= 11 is 3.02. The first-order valence-corrected chi connectivity index (χ1v) is 6.31. The third kappa shape index (κ3) is 2.87. The van der Waals surface area contributed by atoms with Crippen molar-refractivity contribution >= 4 is 15.9 Å². The first kappa shape index (κ1) is 13.8. The zero-order valence-corrected chi connectivity index (χ0v) is 11.0. The highest BCUT2D eigenvalue weighted by atomic mass is 79.9. The lowest BCUT2D eigenvalue weighted by atomic mass is 9.91. The highest BCUT2D eigenvalue weighted by molar-refractivity contribution is 9.10. The Morgan fingerprint density at radius 1 is 1.39 bits per heavy atom. The lowest BCUT2D eigenvalue weighted by Crippen LogP contribution is -2.18. The van der Waals surface area contributed by atoms with Gasteiger partial charge in [0.1, 0.15) is 0 Å². The normalized spacial score (nSPS) is 22.2. The number of rotatable bonds is 2. The largest absolute Gasteiger partial charge is 0.416 e. The van der Waals surface area contributed by atoms with Crippen LogP contribution in [0.4, 0.5) is 13.2 Å². The van der Waals surface area contributed by atoms with Gasteiger partial charge in [-0.2, -0.15) is 13.2 Å². The average molecular weight is 325 g/mol. The molecule has 1 aliphatic heterocycles. The SMILES string of the molecule is OC(c1ccc(Br)cc1C(F)(F)F)C1CCOC1. The third-order valence-electron chi connectivity index (χ3n) is 3.05. The molecule has 18 heavy (non-hydrogen) atoms. The Morgan fingerprint density at radius 2 is 2.11 bits per heavy atom. The van der Waals surface area contributed by atoms with Gasteiger partial charge in [-0.1, -0.05) is 22.0 Å². The molecule has 0 aromatic heterocycles. The van der Waals surface area contributed by atoms with E-state index in [4.69, 9.17) is 4.74 Å². The van der Waals surface area contributed by atoms with Crippen LogP contribution in [-0.2, 0) is 10.9 Å². The number of hydrogen-bond donors (Lipinski definition) is 1. The Hall–Kier alpha value is -0.590. The predicted molar refractivity (Wildman–Crippen MR) is 63.0 cm³/mol. The van der Waals surface area contributed by atoms with Gasteiger partial charge in [-0.15, -0.1) is 0 Å². The molecule has 1 aromatic carbocycles. The Labute approximate surface area is 111 Å². The number of aliphatic hydroxyl groups excluding tert-OH is 1. The minimum Gasteiger partial charge on any atom is -0.388 e. The summed E-state index contributed by atoms with van der Waals surface area (Å²) in [7, 11) is 0. The van der Waals surface area contributed by atoms with E-state index in [0.717, 1.165) is 6.07 Å². The van der Waals surface area contributed by atoms with Crippen LogP contribution in [0.25, 0.3) is 0 Å². The topological polar surface area (TPSA) is 29.5 Å².